The van der Waals surface area contributed by atoms with Gasteiger partial charge in [0.25, 0.3) is 11.6 Å². The molecule has 19 heavy (non-hydrogen) atoms. The number of nitrogens with zero attached hydrogens (tertiary/aromatic N) is 1. The van der Waals surface area contributed by atoms with Crippen LogP contribution in [0.4, 0.5) is 0 Å². The molecular formula is C13H13NO5. The van der Waals surface area contributed by atoms with Crippen molar-refractivity contribution in [1.82, 2.24) is 4.98 Å². The third-order valence-electron chi connectivity index (χ3n) is 2.41. The third kappa shape index (κ3) is 2.67. The second kappa shape index (κ2) is 5.43. The van der Waals surface area contributed by atoms with Gasteiger partial charge >= 0.3 is 5.97 Å². The normalized spacial score (nSPS) is 10.2. The summed E-state index contributed by atoms with van der Waals surface area (Å²) in [5, 5.41) is 9.56. The van der Waals surface area contributed by atoms with Gasteiger partial charge in [0.2, 0.25) is 5.89 Å². The average molecular weight is 263 g/mol. The van der Waals surface area contributed by atoms with Crippen LogP contribution in [0.1, 0.15) is 17.5 Å². The first-order chi connectivity index (χ1) is 9.15. The Morgan fingerprint density at radius 2 is 2.05 bits per heavy atom. The number of esters is 1. The predicted octanol–water partition coefficient (Wildman–Crippen LogP) is 2.23. The minimum Gasteiger partial charge on any atom is -0.497 e. The van der Waals surface area contributed by atoms with Crippen molar-refractivity contribution in [1.29, 1.82) is 0 Å². The van der Waals surface area contributed by atoms with Crippen molar-refractivity contribution >= 4 is 5.97 Å². The zero-order valence-electron chi connectivity index (χ0n) is 10.5. The molecular weight excluding hydrogens is 250 g/mol. The van der Waals surface area contributed by atoms with Crippen molar-refractivity contribution in [2.24, 2.45) is 0 Å². The number of hydrogen-bond donors (Lipinski definition) is 1. The molecule has 0 aliphatic heterocycles. The highest BCUT2D eigenvalue weighted by atomic mass is 16.5. The monoisotopic (exact) mass is 263 g/mol. The first-order valence-electron chi connectivity index (χ1n) is 5.67. The molecule has 0 saturated heterocycles. The van der Waals surface area contributed by atoms with Crippen molar-refractivity contribution in [3.8, 4) is 23.1 Å². The summed E-state index contributed by atoms with van der Waals surface area (Å²) in [6.07, 6.45) is 0. The molecule has 6 nitrogen and oxygen atoms in total. The maximum absolute atomic E-state index is 11.5. The minimum atomic E-state index is -0.743. The fraction of sp³-hybridized carbons (Fsp3) is 0.231. The number of carbonyl (C=O) groups excluding carboxylic acids is 1. The highest BCUT2D eigenvalue weighted by Crippen LogP contribution is 2.27. The van der Waals surface area contributed by atoms with Crippen molar-refractivity contribution in [3.63, 3.8) is 0 Å². The number of methoxy groups -OCH3 is 1. The van der Waals surface area contributed by atoms with Gasteiger partial charge in [-0.3, -0.25) is 0 Å². The number of aromatic nitrogens is 1. The fourth-order valence-electron chi connectivity index (χ4n) is 1.50. The van der Waals surface area contributed by atoms with Gasteiger partial charge in [0, 0.05) is 5.56 Å². The summed E-state index contributed by atoms with van der Waals surface area (Å²) in [7, 11) is 1.56. The smallest absolute Gasteiger partial charge is 0.380 e. The molecule has 2 aromatic rings. The lowest BCUT2D eigenvalue weighted by Gasteiger charge is -1.99. The van der Waals surface area contributed by atoms with Crippen LogP contribution >= 0.6 is 0 Å². The van der Waals surface area contributed by atoms with E-state index in [2.05, 4.69) is 4.98 Å². The summed E-state index contributed by atoms with van der Waals surface area (Å²) in [4.78, 5) is 15.3. The van der Waals surface area contributed by atoms with Crippen LogP contribution < -0.4 is 4.74 Å². The Kier molecular flexibility index (Phi) is 3.70. The van der Waals surface area contributed by atoms with E-state index in [1.807, 2.05) is 0 Å². The molecule has 0 amide bonds. The van der Waals surface area contributed by atoms with E-state index in [0.717, 1.165) is 0 Å². The molecule has 0 aliphatic rings. The average Bonchev–Trinajstić information content (AvgIpc) is 2.81. The molecule has 0 unspecified atom stereocenters. The third-order valence-corrected chi connectivity index (χ3v) is 2.41. The van der Waals surface area contributed by atoms with Gasteiger partial charge in [-0.25, -0.2) is 4.79 Å². The highest BCUT2D eigenvalue weighted by molar-refractivity contribution is 5.89. The van der Waals surface area contributed by atoms with Crippen LogP contribution in [-0.4, -0.2) is 29.8 Å². The number of benzene rings is 1. The maximum Gasteiger partial charge on any atom is 0.380 e. The van der Waals surface area contributed by atoms with Gasteiger partial charge in [0.05, 0.1) is 13.7 Å². The first-order valence-corrected chi connectivity index (χ1v) is 5.67. The Labute approximate surface area is 109 Å². The van der Waals surface area contributed by atoms with Gasteiger partial charge in [-0.2, -0.15) is 4.98 Å². The van der Waals surface area contributed by atoms with Gasteiger partial charge in [0.15, 0.2) is 0 Å². The lowest BCUT2D eigenvalue weighted by molar-refractivity contribution is 0.0486. The molecule has 1 N–H and O–H groups in total. The quantitative estimate of drug-likeness (QED) is 0.852. The van der Waals surface area contributed by atoms with Gasteiger partial charge in [-0.15, -0.1) is 0 Å². The molecule has 0 radical (unpaired) electrons. The predicted molar refractivity (Wildman–Crippen MR) is 66.1 cm³/mol. The van der Waals surface area contributed by atoms with Crippen molar-refractivity contribution < 1.29 is 23.8 Å². The lowest BCUT2D eigenvalue weighted by atomic mass is 10.2. The largest absolute Gasteiger partial charge is 0.497 e. The molecule has 0 saturated carbocycles. The Hall–Kier alpha value is -2.50. The number of carbonyl (C=O) groups is 1. The van der Waals surface area contributed by atoms with Gasteiger partial charge in [-0.1, -0.05) is 0 Å². The molecule has 100 valence electrons. The molecule has 0 aliphatic carbocycles. The van der Waals surface area contributed by atoms with E-state index in [1.54, 1.807) is 38.3 Å². The van der Waals surface area contributed by atoms with Crippen molar-refractivity contribution in [2.75, 3.05) is 13.7 Å². The number of aromatic hydroxyl groups is 1. The summed E-state index contributed by atoms with van der Waals surface area (Å²) in [6.45, 7) is 1.85. The number of rotatable bonds is 4. The molecule has 2 rings (SSSR count). The SMILES string of the molecule is CCOC(=O)c1oc(-c2ccc(OC)cc2)nc1O. The zero-order valence-corrected chi connectivity index (χ0v) is 10.5. The van der Waals surface area contributed by atoms with Gasteiger partial charge < -0.3 is 19.0 Å². The summed E-state index contributed by atoms with van der Waals surface area (Å²) in [6, 6.07) is 6.86. The molecule has 1 heterocycles. The Morgan fingerprint density at radius 3 is 2.63 bits per heavy atom. The van der Waals surface area contributed by atoms with Gasteiger partial charge in [0.1, 0.15) is 5.75 Å². The zero-order chi connectivity index (χ0) is 13.8. The summed E-state index contributed by atoms with van der Waals surface area (Å²) in [5.74, 6) is -0.697. The van der Waals surface area contributed by atoms with Crippen molar-refractivity contribution in [3.05, 3.63) is 30.0 Å². The second-order valence-electron chi connectivity index (χ2n) is 3.62. The van der Waals surface area contributed by atoms with Crippen LogP contribution in [-0.2, 0) is 4.74 Å². The maximum atomic E-state index is 11.5. The summed E-state index contributed by atoms with van der Waals surface area (Å²) < 4.78 is 15.0. The molecule has 1 aromatic carbocycles. The molecule has 1 aromatic heterocycles. The molecule has 0 fully saturated rings. The van der Waals surface area contributed by atoms with Gasteiger partial charge in [-0.05, 0) is 31.2 Å². The fourth-order valence-corrected chi connectivity index (χ4v) is 1.50. The number of hydrogen-bond acceptors (Lipinski definition) is 6. The molecule has 0 atom stereocenters. The Morgan fingerprint density at radius 1 is 1.37 bits per heavy atom. The number of ether oxygens (including phenoxy) is 2. The van der Waals surface area contributed by atoms with E-state index in [0.29, 0.717) is 11.3 Å². The Bertz CT molecular complexity index is 573. The second-order valence-corrected chi connectivity index (χ2v) is 3.62. The standard InChI is InChI=1S/C13H13NO5/c1-3-18-13(16)10-11(15)14-12(19-10)8-4-6-9(17-2)7-5-8/h4-7,15H,3H2,1-2H3. The van der Waals surface area contributed by atoms with E-state index < -0.39 is 11.8 Å². The molecule has 0 spiro atoms. The minimum absolute atomic E-state index is 0.142. The molecule has 6 heteroatoms. The first kappa shape index (κ1) is 12.9. The summed E-state index contributed by atoms with van der Waals surface area (Å²) in [5.41, 5.74) is 0.617. The topological polar surface area (TPSA) is 81.8 Å². The van der Waals surface area contributed by atoms with E-state index in [4.69, 9.17) is 13.9 Å². The van der Waals surface area contributed by atoms with Crippen LogP contribution in [0, 0.1) is 0 Å². The lowest BCUT2D eigenvalue weighted by Crippen LogP contribution is -2.03. The Balaban J connectivity index is 2.30. The highest BCUT2D eigenvalue weighted by Gasteiger charge is 2.21. The van der Waals surface area contributed by atoms with Crippen molar-refractivity contribution in [2.45, 2.75) is 6.92 Å². The summed E-state index contributed by atoms with van der Waals surface area (Å²) >= 11 is 0. The van der Waals surface area contributed by atoms with E-state index in [-0.39, 0.29) is 18.3 Å². The van der Waals surface area contributed by atoms with Crippen LogP contribution in [0.3, 0.4) is 0 Å². The van der Waals surface area contributed by atoms with E-state index >= 15 is 0 Å². The molecule has 0 bridgehead atoms. The van der Waals surface area contributed by atoms with Crippen LogP contribution in [0.2, 0.25) is 0 Å². The van der Waals surface area contributed by atoms with E-state index in [9.17, 15) is 9.90 Å². The van der Waals surface area contributed by atoms with Crippen LogP contribution in [0.25, 0.3) is 11.5 Å². The number of oxazole rings is 1. The van der Waals surface area contributed by atoms with Crippen LogP contribution in [0.5, 0.6) is 11.6 Å². The van der Waals surface area contributed by atoms with E-state index in [1.165, 1.54) is 0 Å². The van der Waals surface area contributed by atoms with Crippen LogP contribution in [0.15, 0.2) is 28.7 Å².